The minimum absolute atomic E-state index is 0.0560. The number of aryl methyl sites for hydroxylation is 1. The minimum Gasteiger partial charge on any atom is -0.354 e. The Morgan fingerprint density at radius 2 is 2.24 bits per heavy atom. The van der Waals surface area contributed by atoms with Gasteiger partial charge in [-0.15, -0.1) is 11.3 Å². The van der Waals surface area contributed by atoms with Gasteiger partial charge in [-0.05, 0) is 39.2 Å². The summed E-state index contributed by atoms with van der Waals surface area (Å²) < 4.78 is 0.810. The summed E-state index contributed by atoms with van der Waals surface area (Å²) >= 11 is 8.27. The first-order valence-electron chi connectivity index (χ1n) is 5.34. The number of hydrogen-bond donors (Lipinski definition) is 2. The van der Waals surface area contributed by atoms with Gasteiger partial charge in [0.1, 0.15) is 0 Å². The minimum atomic E-state index is 0.0560. The molecule has 1 heterocycles. The van der Waals surface area contributed by atoms with Crippen molar-refractivity contribution in [1.82, 2.24) is 10.3 Å². The second kappa shape index (κ2) is 6.02. The lowest BCUT2D eigenvalue weighted by atomic mass is 10.2. The molecule has 0 fully saturated rings. The largest absolute Gasteiger partial charge is 0.354 e. The molecule has 0 saturated heterocycles. The second-order valence-corrected chi connectivity index (χ2v) is 7.77. The third kappa shape index (κ3) is 4.81. The fourth-order valence-electron chi connectivity index (χ4n) is 1.20. The highest BCUT2D eigenvalue weighted by atomic mass is 32.2. The highest BCUT2D eigenvalue weighted by Crippen LogP contribution is 2.20. The third-order valence-corrected chi connectivity index (χ3v) is 5.09. The first kappa shape index (κ1) is 14.7. The molecule has 0 radical (unpaired) electrons. The summed E-state index contributed by atoms with van der Waals surface area (Å²) in [7, 11) is 0. The van der Waals surface area contributed by atoms with Crippen LogP contribution >= 0.6 is 35.3 Å². The smallest absolute Gasteiger partial charge is 0.225 e. The molecule has 1 amide bonds. The Bertz CT molecular complexity index is 448. The molecule has 0 aliphatic rings. The number of rotatable bonds is 5. The van der Waals surface area contributed by atoms with Crippen LogP contribution < -0.4 is 5.32 Å². The Morgan fingerprint density at radius 1 is 1.59 bits per heavy atom. The van der Waals surface area contributed by atoms with E-state index in [0.717, 1.165) is 14.5 Å². The van der Waals surface area contributed by atoms with Gasteiger partial charge in [0.2, 0.25) is 5.91 Å². The normalized spacial score (nSPS) is 11.5. The Labute approximate surface area is 115 Å². The summed E-state index contributed by atoms with van der Waals surface area (Å²) in [6.45, 7) is 6.86. The molecule has 3 nitrogen and oxygen atoms in total. The van der Waals surface area contributed by atoms with Crippen molar-refractivity contribution >= 4 is 41.2 Å². The van der Waals surface area contributed by atoms with Crippen LogP contribution in [-0.4, -0.2) is 28.4 Å². The molecule has 6 heteroatoms. The molecule has 0 bridgehead atoms. The number of aromatic amines is 1. The monoisotopic (exact) mass is 290 g/mol. The van der Waals surface area contributed by atoms with Crippen molar-refractivity contribution in [3.63, 3.8) is 0 Å². The van der Waals surface area contributed by atoms with Crippen molar-refractivity contribution in [3.05, 3.63) is 14.5 Å². The molecule has 0 aromatic carbocycles. The van der Waals surface area contributed by atoms with Crippen molar-refractivity contribution in [2.75, 3.05) is 12.8 Å². The Hall–Kier alpha value is -0.330. The zero-order chi connectivity index (χ0) is 13.1. The Morgan fingerprint density at radius 3 is 2.71 bits per heavy atom. The number of hydrogen-bond acceptors (Lipinski definition) is 4. The molecule has 0 atom stereocenters. The molecule has 0 spiro atoms. The van der Waals surface area contributed by atoms with Crippen LogP contribution in [0, 0.1) is 10.9 Å². The molecule has 1 aromatic rings. The number of thiazole rings is 1. The quantitative estimate of drug-likeness (QED) is 0.820. The van der Waals surface area contributed by atoms with Gasteiger partial charge in [-0.25, -0.2) is 0 Å². The number of aromatic nitrogens is 1. The van der Waals surface area contributed by atoms with Gasteiger partial charge in [-0.2, -0.15) is 11.8 Å². The fourth-order valence-corrected chi connectivity index (χ4v) is 2.70. The van der Waals surface area contributed by atoms with E-state index < -0.39 is 0 Å². The van der Waals surface area contributed by atoms with E-state index in [4.69, 9.17) is 12.2 Å². The molecule has 0 aliphatic heterocycles. The van der Waals surface area contributed by atoms with Crippen molar-refractivity contribution in [1.29, 1.82) is 0 Å². The molecule has 0 unspecified atom stereocenters. The molecule has 2 N–H and O–H groups in total. The van der Waals surface area contributed by atoms with Crippen molar-refractivity contribution < 1.29 is 4.79 Å². The molecule has 0 aliphatic carbocycles. The average molecular weight is 290 g/mol. The highest BCUT2D eigenvalue weighted by molar-refractivity contribution is 7.99. The zero-order valence-electron chi connectivity index (χ0n) is 10.5. The van der Waals surface area contributed by atoms with Crippen molar-refractivity contribution in [2.45, 2.75) is 31.9 Å². The van der Waals surface area contributed by atoms with Crippen LogP contribution in [-0.2, 0) is 11.2 Å². The predicted molar refractivity (Wildman–Crippen MR) is 78.5 cm³/mol. The van der Waals surface area contributed by atoms with E-state index >= 15 is 0 Å². The van der Waals surface area contributed by atoms with Gasteiger partial charge in [-0.1, -0.05) is 0 Å². The van der Waals surface area contributed by atoms with Gasteiger partial charge in [0, 0.05) is 21.9 Å². The third-order valence-electron chi connectivity index (χ3n) is 2.51. The molecular weight excluding hydrogens is 272 g/mol. The van der Waals surface area contributed by atoms with Gasteiger partial charge in [0.05, 0.1) is 6.42 Å². The molecule has 1 rings (SSSR count). The molecular formula is C11H18N2OS3. The van der Waals surface area contributed by atoms with Crippen LogP contribution in [0.25, 0.3) is 0 Å². The molecule has 96 valence electrons. The van der Waals surface area contributed by atoms with Gasteiger partial charge < -0.3 is 10.3 Å². The maximum absolute atomic E-state index is 11.8. The number of thioether (sulfide) groups is 1. The maximum atomic E-state index is 11.8. The van der Waals surface area contributed by atoms with E-state index in [1.54, 1.807) is 11.8 Å². The predicted octanol–water partition coefficient (Wildman–Crippen LogP) is 2.91. The van der Waals surface area contributed by atoms with Gasteiger partial charge in [0.25, 0.3) is 0 Å². The van der Waals surface area contributed by atoms with Crippen molar-refractivity contribution in [2.24, 2.45) is 0 Å². The highest BCUT2D eigenvalue weighted by Gasteiger charge is 2.17. The van der Waals surface area contributed by atoms with Crippen LogP contribution in [0.4, 0.5) is 0 Å². The zero-order valence-corrected chi connectivity index (χ0v) is 13.0. The lowest BCUT2D eigenvalue weighted by Crippen LogP contribution is -2.36. The number of carbonyl (C=O) groups excluding carboxylic acids is 1. The summed E-state index contributed by atoms with van der Waals surface area (Å²) in [5.41, 5.74) is 0.999. The van der Waals surface area contributed by atoms with Crippen molar-refractivity contribution in [3.8, 4) is 0 Å². The number of H-pyrrole nitrogens is 1. The molecule has 17 heavy (non-hydrogen) atoms. The molecule has 0 saturated carbocycles. The number of nitrogens with one attached hydrogen (secondary N) is 2. The van der Waals surface area contributed by atoms with E-state index in [1.165, 1.54) is 11.3 Å². The van der Waals surface area contributed by atoms with Crippen LogP contribution in [0.15, 0.2) is 0 Å². The Kier molecular flexibility index (Phi) is 5.22. The standard InChI is InChI=1S/C11H18N2OS3/c1-7-8(17-10(15)13-7)5-9(14)12-6-11(2,3)16-4/h5-6H2,1-4H3,(H,12,14)(H,13,15). The summed E-state index contributed by atoms with van der Waals surface area (Å²) in [6.07, 6.45) is 2.46. The summed E-state index contributed by atoms with van der Waals surface area (Å²) in [5.74, 6) is 0.0560. The first-order chi connectivity index (χ1) is 7.84. The van der Waals surface area contributed by atoms with Crippen LogP contribution in [0.3, 0.4) is 0 Å². The number of amides is 1. The van der Waals surface area contributed by atoms with E-state index in [1.807, 2.05) is 13.2 Å². The SMILES string of the molecule is CSC(C)(C)CNC(=O)Cc1sc(=S)[nH]c1C. The van der Waals surface area contributed by atoms with E-state index in [9.17, 15) is 4.79 Å². The van der Waals surface area contributed by atoms with E-state index in [-0.39, 0.29) is 10.7 Å². The lowest BCUT2D eigenvalue weighted by Gasteiger charge is -2.22. The van der Waals surface area contributed by atoms with Gasteiger partial charge in [-0.3, -0.25) is 4.79 Å². The van der Waals surface area contributed by atoms with Crippen LogP contribution in [0.5, 0.6) is 0 Å². The first-order valence-corrected chi connectivity index (χ1v) is 7.79. The lowest BCUT2D eigenvalue weighted by molar-refractivity contribution is -0.120. The summed E-state index contributed by atoms with van der Waals surface area (Å²) in [4.78, 5) is 15.8. The molecule has 1 aromatic heterocycles. The van der Waals surface area contributed by atoms with Crippen LogP contribution in [0.2, 0.25) is 0 Å². The van der Waals surface area contributed by atoms with E-state index in [2.05, 4.69) is 24.1 Å². The van der Waals surface area contributed by atoms with Gasteiger partial charge >= 0.3 is 0 Å². The number of carbonyl (C=O) groups is 1. The Balaban J connectivity index is 2.51. The maximum Gasteiger partial charge on any atom is 0.225 e. The topological polar surface area (TPSA) is 44.9 Å². The fraction of sp³-hybridized carbons (Fsp3) is 0.636. The average Bonchev–Trinajstić information content (AvgIpc) is 2.55. The second-order valence-electron chi connectivity index (χ2n) is 4.48. The summed E-state index contributed by atoms with van der Waals surface area (Å²) in [5, 5.41) is 2.96. The summed E-state index contributed by atoms with van der Waals surface area (Å²) in [6, 6.07) is 0. The van der Waals surface area contributed by atoms with Crippen LogP contribution in [0.1, 0.15) is 24.4 Å². The van der Waals surface area contributed by atoms with E-state index in [0.29, 0.717) is 13.0 Å². The van der Waals surface area contributed by atoms with Gasteiger partial charge in [0.15, 0.2) is 3.95 Å².